The third kappa shape index (κ3) is 2.78. The highest BCUT2D eigenvalue weighted by Crippen LogP contribution is 2.33. The number of rotatable bonds is 2. The van der Waals surface area contributed by atoms with Gasteiger partial charge in [0.2, 0.25) is 0 Å². The average Bonchev–Trinajstić information content (AvgIpc) is 2.55. The van der Waals surface area contributed by atoms with Crippen molar-refractivity contribution >= 4 is 0 Å². The number of nitrogens with zero attached hydrogens (tertiary/aromatic N) is 1. The summed E-state index contributed by atoms with van der Waals surface area (Å²) in [5.41, 5.74) is 0.512. The van der Waals surface area contributed by atoms with Gasteiger partial charge in [-0.1, -0.05) is 26.2 Å². The summed E-state index contributed by atoms with van der Waals surface area (Å²) in [6.07, 6.45) is 9.78. The molecule has 94 valence electrons. The first-order valence-electron chi connectivity index (χ1n) is 7.23. The van der Waals surface area contributed by atoms with E-state index in [0.29, 0.717) is 5.54 Å². The Morgan fingerprint density at radius 2 is 1.94 bits per heavy atom. The molecule has 1 saturated heterocycles. The molecule has 0 bridgehead atoms. The van der Waals surface area contributed by atoms with Gasteiger partial charge in [0.15, 0.2) is 0 Å². The molecule has 1 atom stereocenters. The van der Waals surface area contributed by atoms with Crippen LogP contribution in [0.15, 0.2) is 0 Å². The summed E-state index contributed by atoms with van der Waals surface area (Å²) in [5, 5.41) is 3.68. The summed E-state index contributed by atoms with van der Waals surface area (Å²) in [6, 6.07) is 0.723. The molecular formula is C14H28N2. The Hall–Kier alpha value is -0.0800. The number of hydrogen-bond donors (Lipinski definition) is 1. The van der Waals surface area contributed by atoms with Crippen LogP contribution < -0.4 is 5.32 Å². The van der Waals surface area contributed by atoms with Crippen molar-refractivity contribution in [3.05, 3.63) is 0 Å². The maximum absolute atomic E-state index is 3.68. The van der Waals surface area contributed by atoms with Gasteiger partial charge in [-0.2, -0.15) is 0 Å². The first-order chi connectivity index (χ1) is 7.74. The predicted molar refractivity (Wildman–Crippen MR) is 69.8 cm³/mol. The summed E-state index contributed by atoms with van der Waals surface area (Å²) >= 11 is 0. The molecule has 2 aliphatic rings. The van der Waals surface area contributed by atoms with E-state index in [2.05, 4.69) is 24.1 Å². The molecule has 2 fully saturated rings. The van der Waals surface area contributed by atoms with E-state index in [4.69, 9.17) is 0 Å². The molecule has 1 heterocycles. The second-order valence-electron chi connectivity index (χ2n) is 5.92. The van der Waals surface area contributed by atoms with Crippen LogP contribution in [0.5, 0.6) is 0 Å². The summed E-state index contributed by atoms with van der Waals surface area (Å²) < 4.78 is 0. The minimum absolute atomic E-state index is 0.512. The third-order valence-corrected chi connectivity index (χ3v) is 4.67. The molecule has 1 N–H and O–H groups in total. The minimum Gasteiger partial charge on any atom is -0.313 e. The van der Waals surface area contributed by atoms with Crippen molar-refractivity contribution in [3.63, 3.8) is 0 Å². The molecule has 0 spiro atoms. The van der Waals surface area contributed by atoms with Crippen LogP contribution >= 0.6 is 0 Å². The standard InChI is InChI=1S/C14H28N2/c1-3-13-12-16(11-7-10-15-13)14(2)8-5-4-6-9-14/h13,15H,3-12H2,1-2H3. The van der Waals surface area contributed by atoms with Gasteiger partial charge in [0.05, 0.1) is 0 Å². The van der Waals surface area contributed by atoms with Gasteiger partial charge < -0.3 is 5.32 Å². The third-order valence-electron chi connectivity index (χ3n) is 4.67. The van der Waals surface area contributed by atoms with Crippen molar-refractivity contribution in [2.75, 3.05) is 19.6 Å². The topological polar surface area (TPSA) is 15.3 Å². The van der Waals surface area contributed by atoms with E-state index in [1.54, 1.807) is 0 Å². The molecule has 0 aromatic rings. The van der Waals surface area contributed by atoms with E-state index in [9.17, 15) is 0 Å². The first kappa shape index (κ1) is 12.4. The number of hydrogen-bond acceptors (Lipinski definition) is 2. The van der Waals surface area contributed by atoms with E-state index < -0.39 is 0 Å². The summed E-state index contributed by atoms with van der Waals surface area (Å²) in [7, 11) is 0. The molecule has 0 aromatic heterocycles. The zero-order valence-electron chi connectivity index (χ0n) is 11.1. The molecule has 1 saturated carbocycles. The fourth-order valence-electron chi connectivity index (χ4n) is 3.39. The van der Waals surface area contributed by atoms with Gasteiger partial charge in [0, 0.05) is 18.1 Å². The van der Waals surface area contributed by atoms with Crippen LogP contribution in [0.4, 0.5) is 0 Å². The van der Waals surface area contributed by atoms with E-state index in [1.165, 1.54) is 64.6 Å². The number of nitrogens with one attached hydrogen (secondary N) is 1. The zero-order valence-corrected chi connectivity index (χ0v) is 11.1. The fraction of sp³-hybridized carbons (Fsp3) is 1.00. The predicted octanol–water partition coefficient (Wildman–Crippen LogP) is 2.78. The van der Waals surface area contributed by atoms with Gasteiger partial charge >= 0.3 is 0 Å². The van der Waals surface area contributed by atoms with Crippen LogP contribution in [0.2, 0.25) is 0 Å². The molecule has 2 heteroatoms. The van der Waals surface area contributed by atoms with Gasteiger partial charge in [-0.05, 0) is 45.7 Å². The molecular weight excluding hydrogens is 196 g/mol. The maximum atomic E-state index is 3.68. The first-order valence-corrected chi connectivity index (χ1v) is 7.23. The van der Waals surface area contributed by atoms with E-state index >= 15 is 0 Å². The van der Waals surface area contributed by atoms with Crippen LogP contribution in [0.3, 0.4) is 0 Å². The van der Waals surface area contributed by atoms with Gasteiger partial charge in [-0.3, -0.25) is 4.90 Å². The Morgan fingerprint density at radius 3 is 2.62 bits per heavy atom. The molecule has 0 aromatic carbocycles. The Labute approximate surface area is 101 Å². The second-order valence-corrected chi connectivity index (χ2v) is 5.92. The second kappa shape index (κ2) is 5.50. The van der Waals surface area contributed by atoms with Crippen LogP contribution in [0.25, 0.3) is 0 Å². The molecule has 1 unspecified atom stereocenters. The van der Waals surface area contributed by atoms with Gasteiger partial charge in [0.25, 0.3) is 0 Å². The average molecular weight is 224 g/mol. The molecule has 16 heavy (non-hydrogen) atoms. The lowest BCUT2D eigenvalue weighted by molar-refractivity contribution is 0.0640. The smallest absolute Gasteiger partial charge is 0.0192 e. The summed E-state index contributed by atoms with van der Waals surface area (Å²) in [6.45, 7) is 8.60. The Kier molecular flexibility index (Phi) is 4.26. The molecule has 2 rings (SSSR count). The lowest BCUT2D eigenvalue weighted by Gasteiger charge is -2.44. The molecule has 1 aliphatic heterocycles. The highest BCUT2D eigenvalue weighted by molar-refractivity contribution is 4.92. The van der Waals surface area contributed by atoms with Crippen molar-refractivity contribution in [1.29, 1.82) is 0 Å². The highest BCUT2D eigenvalue weighted by Gasteiger charge is 2.34. The van der Waals surface area contributed by atoms with Crippen molar-refractivity contribution in [2.24, 2.45) is 0 Å². The Bertz CT molecular complexity index is 209. The molecule has 1 aliphatic carbocycles. The minimum atomic E-state index is 0.512. The summed E-state index contributed by atoms with van der Waals surface area (Å²) in [5.74, 6) is 0. The van der Waals surface area contributed by atoms with Gasteiger partial charge in [-0.15, -0.1) is 0 Å². The van der Waals surface area contributed by atoms with Crippen molar-refractivity contribution in [3.8, 4) is 0 Å². The van der Waals surface area contributed by atoms with Crippen molar-refractivity contribution < 1.29 is 0 Å². The van der Waals surface area contributed by atoms with Crippen LogP contribution in [0, 0.1) is 0 Å². The van der Waals surface area contributed by atoms with Gasteiger partial charge in [0.1, 0.15) is 0 Å². The maximum Gasteiger partial charge on any atom is 0.0192 e. The summed E-state index contributed by atoms with van der Waals surface area (Å²) in [4.78, 5) is 2.79. The molecule has 2 nitrogen and oxygen atoms in total. The molecule has 0 radical (unpaired) electrons. The SMILES string of the molecule is CCC1CN(C2(C)CCCCC2)CCCN1. The van der Waals surface area contributed by atoms with Crippen molar-refractivity contribution in [1.82, 2.24) is 10.2 Å². The highest BCUT2D eigenvalue weighted by atomic mass is 15.2. The van der Waals surface area contributed by atoms with Crippen LogP contribution in [0.1, 0.15) is 58.8 Å². The lowest BCUT2D eigenvalue weighted by atomic mass is 9.81. The Balaban J connectivity index is 1.99. The van der Waals surface area contributed by atoms with Crippen molar-refractivity contribution in [2.45, 2.75) is 70.4 Å². The van der Waals surface area contributed by atoms with E-state index in [-0.39, 0.29) is 0 Å². The van der Waals surface area contributed by atoms with Crippen LogP contribution in [-0.4, -0.2) is 36.1 Å². The Morgan fingerprint density at radius 1 is 1.19 bits per heavy atom. The normalized spacial score (nSPS) is 32.2. The largest absolute Gasteiger partial charge is 0.313 e. The monoisotopic (exact) mass is 224 g/mol. The van der Waals surface area contributed by atoms with E-state index in [0.717, 1.165) is 6.04 Å². The van der Waals surface area contributed by atoms with E-state index in [1.807, 2.05) is 0 Å². The molecule has 0 amide bonds. The lowest BCUT2D eigenvalue weighted by Crippen LogP contribution is -2.51. The zero-order chi connectivity index (χ0) is 11.4. The fourth-order valence-corrected chi connectivity index (χ4v) is 3.39. The van der Waals surface area contributed by atoms with Gasteiger partial charge in [-0.25, -0.2) is 0 Å². The van der Waals surface area contributed by atoms with Crippen LogP contribution in [-0.2, 0) is 0 Å². The quantitative estimate of drug-likeness (QED) is 0.776.